The molecule has 3 nitrogen and oxygen atoms in total. The zero-order valence-electron chi connectivity index (χ0n) is 15.2. The summed E-state index contributed by atoms with van der Waals surface area (Å²) in [6.45, 7) is 0. The minimum atomic E-state index is -0.761. The topological polar surface area (TPSA) is 60.7 Å². The maximum atomic E-state index is 10.9. The van der Waals surface area contributed by atoms with Gasteiger partial charge >= 0.3 is 0 Å². The molecule has 0 saturated carbocycles. The first-order valence-electron chi connectivity index (χ1n) is 9.34. The van der Waals surface area contributed by atoms with E-state index in [1.807, 2.05) is 91.0 Å². The van der Waals surface area contributed by atoms with Gasteiger partial charge in [-0.3, -0.25) is 0 Å². The van der Waals surface area contributed by atoms with Gasteiger partial charge in [-0.05, 0) is 35.4 Å². The van der Waals surface area contributed by atoms with E-state index >= 15 is 0 Å². The van der Waals surface area contributed by atoms with Crippen molar-refractivity contribution in [3.8, 4) is 0 Å². The first kappa shape index (κ1) is 19.3. The predicted molar refractivity (Wildman–Crippen MR) is 107 cm³/mol. The molecular weight excluding hydrogens is 336 g/mol. The molecule has 140 valence electrons. The average molecular weight is 362 g/mol. The van der Waals surface area contributed by atoms with Crippen molar-refractivity contribution in [3.05, 3.63) is 108 Å². The number of hydrogen-bond donors (Lipinski definition) is 3. The second-order valence-electron chi connectivity index (χ2n) is 6.94. The molecule has 0 spiro atoms. The Morgan fingerprint density at radius 3 is 1.19 bits per heavy atom. The Morgan fingerprint density at radius 1 is 0.481 bits per heavy atom. The van der Waals surface area contributed by atoms with E-state index in [1.54, 1.807) is 0 Å². The third-order valence-corrected chi connectivity index (χ3v) is 5.01. The number of benzene rings is 3. The Hall–Kier alpha value is -2.46. The monoisotopic (exact) mass is 362 g/mol. The number of rotatable bonds is 8. The summed E-state index contributed by atoms with van der Waals surface area (Å²) in [7, 11) is 0. The van der Waals surface area contributed by atoms with Crippen LogP contribution in [0, 0.1) is 5.92 Å². The van der Waals surface area contributed by atoms with Gasteiger partial charge < -0.3 is 15.3 Å². The average Bonchev–Trinajstić information content (AvgIpc) is 2.74. The van der Waals surface area contributed by atoms with Crippen LogP contribution in [-0.4, -0.2) is 15.3 Å². The summed E-state index contributed by atoms with van der Waals surface area (Å²) in [5.74, 6) is -0.294. The van der Waals surface area contributed by atoms with E-state index < -0.39 is 18.3 Å². The number of aliphatic hydroxyl groups is 3. The summed E-state index contributed by atoms with van der Waals surface area (Å²) in [5.41, 5.74) is 2.43. The highest BCUT2D eigenvalue weighted by molar-refractivity contribution is 5.21. The molecule has 3 heteroatoms. The Morgan fingerprint density at radius 2 is 0.815 bits per heavy atom. The van der Waals surface area contributed by atoms with Gasteiger partial charge in [-0.2, -0.15) is 0 Å². The first-order chi connectivity index (χ1) is 13.1. The Kier molecular flexibility index (Phi) is 6.77. The van der Waals surface area contributed by atoms with Gasteiger partial charge in [0, 0.05) is 0 Å². The summed E-state index contributed by atoms with van der Waals surface area (Å²) in [6.07, 6.45) is -1.42. The highest BCUT2D eigenvalue weighted by Gasteiger charge is 2.27. The predicted octanol–water partition coefficient (Wildman–Crippen LogP) is 4.58. The van der Waals surface area contributed by atoms with E-state index in [1.165, 1.54) is 0 Å². The fourth-order valence-electron chi connectivity index (χ4n) is 3.47. The van der Waals surface area contributed by atoms with E-state index in [9.17, 15) is 15.3 Å². The van der Waals surface area contributed by atoms with Gasteiger partial charge in [-0.1, -0.05) is 91.0 Å². The molecule has 3 aromatic rings. The van der Waals surface area contributed by atoms with Crippen molar-refractivity contribution in [1.82, 2.24) is 0 Å². The maximum absolute atomic E-state index is 10.9. The van der Waals surface area contributed by atoms with Gasteiger partial charge in [-0.25, -0.2) is 0 Å². The van der Waals surface area contributed by atoms with Crippen LogP contribution in [0.2, 0.25) is 0 Å². The summed E-state index contributed by atoms with van der Waals surface area (Å²) in [4.78, 5) is 0. The van der Waals surface area contributed by atoms with Crippen molar-refractivity contribution in [2.75, 3.05) is 0 Å². The Bertz CT molecular complexity index is 742. The quantitative estimate of drug-likeness (QED) is 0.549. The van der Waals surface area contributed by atoms with E-state index in [0.29, 0.717) is 12.8 Å². The lowest BCUT2D eigenvalue weighted by molar-refractivity contribution is 0.0273. The molecule has 0 fully saturated rings. The molecule has 0 aromatic heterocycles. The Balaban J connectivity index is 1.79. The molecule has 0 bridgehead atoms. The standard InChI is InChI=1S/C24H26O3/c25-22(18-10-4-1-5-11-18)16-21(24(27)20-14-8-3-9-15-20)17-23(26)19-12-6-2-7-13-19/h1-15,21-27H,16-17H2. The van der Waals surface area contributed by atoms with Crippen molar-refractivity contribution in [2.45, 2.75) is 31.2 Å². The molecule has 0 radical (unpaired) electrons. The second kappa shape index (κ2) is 9.47. The summed E-state index contributed by atoms with van der Waals surface area (Å²) in [6, 6.07) is 28.3. The molecule has 0 heterocycles. The van der Waals surface area contributed by atoms with Crippen molar-refractivity contribution < 1.29 is 15.3 Å². The van der Waals surface area contributed by atoms with Crippen LogP contribution >= 0.6 is 0 Å². The molecule has 3 N–H and O–H groups in total. The molecule has 3 unspecified atom stereocenters. The number of hydrogen-bond acceptors (Lipinski definition) is 3. The minimum Gasteiger partial charge on any atom is -0.388 e. The van der Waals surface area contributed by atoms with Gasteiger partial charge in [-0.15, -0.1) is 0 Å². The molecule has 27 heavy (non-hydrogen) atoms. The smallest absolute Gasteiger partial charge is 0.0820 e. The molecule has 0 aliphatic rings. The fraction of sp³-hybridized carbons (Fsp3) is 0.250. The van der Waals surface area contributed by atoms with Crippen LogP contribution in [-0.2, 0) is 0 Å². The molecular formula is C24H26O3. The largest absolute Gasteiger partial charge is 0.388 e. The van der Waals surface area contributed by atoms with Crippen LogP contribution in [0.5, 0.6) is 0 Å². The van der Waals surface area contributed by atoms with Crippen molar-refractivity contribution in [2.24, 2.45) is 5.92 Å². The van der Waals surface area contributed by atoms with Gasteiger partial charge in [0.2, 0.25) is 0 Å². The van der Waals surface area contributed by atoms with Crippen molar-refractivity contribution in [3.63, 3.8) is 0 Å². The van der Waals surface area contributed by atoms with Crippen LogP contribution in [0.25, 0.3) is 0 Å². The van der Waals surface area contributed by atoms with Gasteiger partial charge in [0.15, 0.2) is 0 Å². The van der Waals surface area contributed by atoms with Gasteiger partial charge in [0.05, 0.1) is 18.3 Å². The molecule has 0 saturated heterocycles. The second-order valence-corrected chi connectivity index (χ2v) is 6.94. The summed E-state index contributed by atoms with van der Waals surface area (Å²) in [5, 5.41) is 32.3. The summed E-state index contributed by atoms with van der Waals surface area (Å²) >= 11 is 0. The van der Waals surface area contributed by atoms with Gasteiger partial charge in [0.25, 0.3) is 0 Å². The van der Waals surface area contributed by atoms with Crippen LogP contribution in [0.4, 0.5) is 0 Å². The van der Waals surface area contributed by atoms with E-state index in [-0.39, 0.29) is 5.92 Å². The van der Waals surface area contributed by atoms with Gasteiger partial charge in [0.1, 0.15) is 0 Å². The highest BCUT2D eigenvalue weighted by Crippen LogP contribution is 2.36. The lowest BCUT2D eigenvalue weighted by Crippen LogP contribution is -2.19. The van der Waals surface area contributed by atoms with Crippen LogP contribution in [0.3, 0.4) is 0 Å². The fourth-order valence-corrected chi connectivity index (χ4v) is 3.47. The third kappa shape index (κ3) is 5.27. The molecule has 3 rings (SSSR count). The number of aliphatic hydroxyl groups excluding tert-OH is 3. The SMILES string of the molecule is OC(CC(CC(O)c1ccccc1)C(O)c1ccccc1)c1ccccc1. The van der Waals surface area contributed by atoms with E-state index in [2.05, 4.69) is 0 Å². The molecule has 0 aliphatic carbocycles. The van der Waals surface area contributed by atoms with Crippen LogP contribution in [0.15, 0.2) is 91.0 Å². The first-order valence-corrected chi connectivity index (χ1v) is 9.34. The molecule has 0 aliphatic heterocycles. The third-order valence-electron chi connectivity index (χ3n) is 5.01. The zero-order valence-corrected chi connectivity index (χ0v) is 15.2. The molecule has 0 amide bonds. The van der Waals surface area contributed by atoms with Crippen LogP contribution in [0.1, 0.15) is 47.8 Å². The lowest BCUT2D eigenvalue weighted by atomic mass is 9.83. The van der Waals surface area contributed by atoms with Crippen LogP contribution < -0.4 is 0 Å². The van der Waals surface area contributed by atoms with Crippen molar-refractivity contribution in [1.29, 1.82) is 0 Å². The molecule has 3 atom stereocenters. The lowest BCUT2D eigenvalue weighted by Gasteiger charge is -2.28. The Labute approximate surface area is 160 Å². The zero-order chi connectivity index (χ0) is 19.1. The van der Waals surface area contributed by atoms with Crippen molar-refractivity contribution >= 4 is 0 Å². The van der Waals surface area contributed by atoms with E-state index in [4.69, 9.17) is 0 Å². The summed E-state index contributed by atoms with van der Waals surface area (Å²) < 4.78 is 0. The maximum Gasteiger partial charge on any atom is 0.0820 e. The minimum absolute atomic E-state index is 0.294. The molecule has 3 aromatic carbocycles. The normalized spacial score (nSPS) is 15.7. The highest BCUT2D eigenvalue weighted by atomic mass is 16.3. The van der Waals surface area contributed by atoms with E-state index in [0.717, 1.165) is 16.7 Å².